The Morgan fingerprint density at radius 3 is 2.85 bits per heavy atom. The largest absolute Gasteiger partial charge is 0.433 e. The molecule has 3 N–H and O–H groups in total. The van der Waals surface area contributed by atoms with E-state index in [1.165, 1.54) is 12.1 Å². The second kappa shape index (κ2) is 4.01. The number of aliphatic hydroxyl groups is 1. The summed E-state index contributed by atoms with van der Waals surface area (Å²) in [4.78, 5) is 9.55. The number of nitrogens with zero attached hydrogens (tertiary/aromatic N) is 1. The molecule has 0 amide bonds. The summed E-state index contributed by atoms with van der Waals surface area (Å²) in [6.07, 6.45) is -0.538. The van der Waals surface area contributed by atoms with Crippen LogP contribution >= 0.6 is 0 Å². The molecule has 0 saturated carbocycles. The quantitative estimate of drug-likeness (QED) is 0.528. The number of hydrogen-bond acceptors (Lipinski definition) is 5. The second-order valence-electron chi connectivity index (χ2n) is 2.53. The molecular formula is C7H10N2O4. The highest BCUT2D eigenvalue weighted by Crippen LogP contribution is 2.22. The molecule has 0 aliphatic carbocycles. The van der Waals surface area contributed by atoms with E-state index in [0.717, 1.165) is 0 Å². The maximum atomic E-state index is 10.2. The number of nitro groups is 1. The standard InChI is InChI=1S/C7H10N2O4/c8-4-3-5(10)6-1-2-7(13-6)9(11)12/h1-2,5,10H,3-4,8H2. The van der Waals surface area contributed by atoms with Crippen LogP contribution in [0.3, 0.4) is 0 Å². The van der Waals surface area contributed by atoms with Crippen LogP contribution in [0.15, 0.2) is 16.5 Å². The fourth-order valence-corrected chi connectivity index (χ4v) is 0.920. The molecule has 0 fully saturated rings. The van der Waals surface area contributed by atoms with Gasteiger partial charge < -0.3 is 15.3 Å². The molecule has 0 bridgehead atoms. The number of hydrogen-bond donors (Lipinski definition) is 2. The molecule has 6 nitrogen and oxygen atoms in total. The summed E-state index contributed by atoms with van der Waals surface area (Å²) >= 11 is 0. The van der Waals surface area contributed by atoms with E-state index in [9.17, 15) is 15.2 Å². The van der Waals surface area contributed by atoms with Crippen molar-refractivity contribution in [1.82, 2.24) is 0 Å². The molecule has 0 aromatic carbocycles. The van der Waals surface area contributed by atoms with Crippen molar-refractivity contribution in [3.05, 3.63) is 28.0 Å². The first kappa shape index (κ1) is 9.69. The lowest BCUT2D eigenvalue weighted by Crippen LogP contribution is -2.05. The average molecular weight is 186 g/mol. The van der Waals surface area contributed by atoms with Crippen LogP contribution in [-0.2, 0) is 0 Å². The van der Waals surface area contributed by atoms with Crippen molar-refractivity contribution in [2.24, 2.45) is 5.73 Å². The highest BCUT2D eigenvalue weighted by atomic mass is 16.6. The van der Waals surface area contributed by atoms with E-state index in [1.54, 1.807) is 0 Å². The maximum Gasteiger partial charge on any atom is 0.433 e. The zero-order chi connectivity index (χ0) is 9.84. The minimum absolute atomic E-state index is 0.178. The zero-order valence-corrected chi connectivity index (χ0v) is 6.84. The van der Waals surface area contributed by atoms with Gasteiger partial charge in [-0.3, -0.25) is 10.1 Å². The monoisotopic (exact) mass is 186 g/mol. The first-order valence-corrected chi connectivity index (χ1v) is 3.77. The van der Waals surface area contributed by atoms with Crippen LogP contribution < -0.4 is 5.73 Å². The summed E-state index contributed by atoms with van der Waals surface area (Å²) < 4.78 is 4.75. The Labute approximate surface area is 74.1 Å². The topological polar surface area (TPSA) is 103 Å². The van der Waals surface area contributed by atoms with Crippen LogP contribution in [0.4, 0.5) is 5.88 Å². The van der Waals surface area contributed by atoms with Gasteiger partial charge in [0, 0.05) is 0 Å². The molecule has 1 rings (SSSR count). The van der Waals surface area contributed by atoms with Crippen molar-refractivity contribution in [3.63, 3.8) is 0 Å². The van der Waals surface area contributed by atoms with Crippen molar-refractivity contribution < 1.29 is 14.4 Å². The molecule has 1 atom stereocenters. The van der Waals surface area contributed by atoms with Crippen LogP contribution in [0.25, 0.3) is 0 Å². The van der Waals surface area contributed by atoms with E-state index in [-0.39, 0.29) is 11.6 Å². The van der Waals surface area contributed by atoms with E-state index in [1.807, 2.05) is 0 Å². The smallest absolute Gasteiger partial charge is 0.403 e. The molecule has 0 aliphatic heterocycles. The van der Waals surface area contributed by atoms with Gasteiger partial charge in [-0.15, -0.1) is 0 Å². The predicted molar refractivity (Wildman–Crippen MR) is 44.0 cm³/mol. The van der Waals surface area contributed by atoms with Gasteiger partial charge in [-0.25, -0.2) is 0 Å². The molecule has 1 heterocycles. The Bertz CT molecular complexity index is 296. The fraction of sp³-hybridized carbons (Fsp3) is 0.429. The molecule has 1 unspecified atom stereocenters. The molecule has 0 saturated heterocycles. The van der Waals surface area contributed by atoms with Crippen LogP contribution in [0.5, 0.6) is 0 Å². The molecule has 13 heavy (non-hydrogen) atoms. The number of nitrogens with two attached hydrogens (primary N) is 1. The van der Waals surface area contributed by atoms with E-state index in [0.29, 0.717) is 13.0 Å². The van der Waals surface area contributed by atoms with Crippen molar-refractivity contribution in [3.8, 4) is 0 Å². The van der Waals surface area contributed by atoms with E-state index in [2.05, 4.69) is 0 Å². The average Bonchev–Trinajstić information content (AvgIpc) is 2.52. The Kier molecular flexibility index (Phi) is 2.99. The van der Waals surface area contributed by atoms with Gasteiger partial charge in [0.2, 0.25) is 0 Å². The van der Waals surface area contributed by atoms with E-state index < -0.39 is 11.0 Å². The third-order valence-corrected chi connectivity index (χ3v) is 1.56. The SMILES string of the molecule is NCCC(O)c1ccc([N+](=O)[O-])o1. The molecule has 6 heteroatoms. The van der Waals surface area contributed by atoms with Crippen molar-refractivity contribution in [2.75, 3.05) is 6.54 Å². The summed E-state index contributed by atoms with van der Waals surface area (Å²) in [5.41, 5.74) is 5.20. The predicted octanol–water partition coefficient (Wildman–Crippen LogP) is 0.570. The van der Waals surface area contributed by atoms with Gasteiger partial charge in [0.1, 0.15) is 16.8 Å². The van der Waals surface area contributed by atoms with Gasteiger partial charge in [0.25, 0.3) is 0 Å². The molecule has 1 aromatic rings. The maximum absolute atomic E-state index is 10.2. The lowest BCUT2D eigenvalue weighted by atomic mass is 10.2. The molecule has 0 aliphatic rings. The van der Waals surface area contributed by atoms with Crippen molar-refractivity contribution in [2.45, 2.75) is 12.5 Å². The Balaban J connectivity index is 2.73. The molecule has 72 valence electrons. The minimum atomic E-state index is -0.862. The molecular weight excluding hydrogens is 176 g/mol. The summed E-state index contributed by atoms with van der Waals surface area (Å²) in [7, 11) is 0. The summed E-state index contributed by atoms with van der Waals surface area (Å²) in [6, 6.07) is 2.58. The van der Waals surface area contributed by atoms with Gasteiger partial charge in [-0.05, 0) is 19.0 Å². The molecule has 0 radical (unpaired) electrons. The lowest BCUT2D eigenvalue weighted by molar-refractivity contribution is -0.402. The normalized spacial score (nSPS) is 12.8. The van der Waals surface area contributed by atoms with Crippen LogP contribution in [-0.4, -0.2) is 16.6 Å². The number of aliphatic hydroxyl groups excluding tert-OH is 1. The summed E-state index contributed by atoms with van der Waals surface area (Å²) in [6.45, 7) is 0.301. The van der Waals surface area contributed by atoms with E-state index >= 15 is 0 Å². The number of furan rings is 1. The third kappa shape index (κ3) is 2.27. The Hall–Kier alpha value is -1.40. The van der Waals surface area contributed by atoms with Gasteiger partial charge in [-0.2, -0.15) is 0 Å². The lowest BCUT2D eigenvalue weighted by Gasteiger charge is -2.03. The Morgan fingerprint density at radius 1 is 1.69 bits per heavy atom. The first-order valence-electron chi connectivity index (χ1n) is 3.77. The van der Waals surface area contributed by atoms with Crippen LogP contribution in [0.2, 0.25) is 0 Å². The van der Waals surface area contributed by atoms with Crippen molar-refractivity contribution >= 4 is 5.88 Å². The zero-order valence-electron chi connectivity index (χ0n) is 6.84. The number of rotatable bonds is 4. The van der Waals surface area contributed by atoms with Gasteiger partial charge in [-0.1, -0.05) is 0 Å². The highest BCUT2D eigenvalue weighted by Gasteiger charge is 2.16. The van der Waals surface area contributed by atoms with Crippen LogP contribution in [0, 0.1) is 10.1 Å². The van der Waals surface area contributed by atoms with Gasteiger partial charge >= 0.3 is 5.88 Å². The van der Waals surface area contributed by atoms with Gasteiger partial charge in [0.15, 0.2) is 0 Å². The summed E-state index contributed by atoms with van der Waals surface area (Å²) in [5.74, 6) is -0.191. The summed E-state index contributed by atoms with van der Waals surface area (Å²) in [5, 5.41) is 19.5. The molecule has 1 aromatic heterocycles. The Morgan fingerprint density at radius 2 is 2.38 bits per heavy atom. The first-order chi connectivity index (χ1) is 6.15. The molecule has 0 spiro atoms. The highest BCUT2D eigenvalue weighted by molar-refractivity contribution is 5.18. The minimum Gasteiger partial charge on any atom is -0.403 e. The van der Waals surface area contributed by atoms with Gasteiger partial charge in [0.05, 0.1) is 6.07 Å². The second-order valence-corrected chi connectivity index (χ2v) is 2.53. The van der Waals surface area contributed by atoms with E-state index in [4.69, 9.17) is 10.2 Å². The van der Waals surface area contributed by atoms with Crippen molar-refractivity contribution in [1.29, 1.82) is 0 Å². The fourth-order valence-electron chi connectivity index (χ4n) is 0.920. The van der Waals surface area contributed by atoms with Crippen LogP contribution in [0.1, 0.15) is 18.3 Å². The third-order valence-electron chi connectivity index (χ3n) is 1.56.